The summed E-state index contributed by atoms with van der Waals surface area (Å²) in [6, 6.07) is 1.72. The lowest BCUT2D eigenvalue weighted by Crippen LogP contribution is -2.28. The zero-order valence-electron chi connectivity index (χ0n) is 9.81. The molecule has 1 aromatic heterocycles. The highest BCUT2D eigenvalue weighted by atomic mass is 16.6. The van der Waals surface area contributed by atoms with Crippen molar-refractivity contribution in [2.75, 3.05) is 0 Å². The summed E-state index contributed by atoms with van der Waals surface area (Å²) in [4.78, 5) is 26.8. The van der Waals surface area contributed by atoms with E-state index in [0.29, 0.717) is 5.56 Å². The van der Waals surface area contributed by atoms with Crippen molar-refractivity contribution >= 4 is 11.9 Å². The van der Waals surface area contributed by atoms with Crippen molar-refractivity contribution in [1.29, 1.82) is 0 Å². The van der Waals surface area contributed by atoms with Gasteiger partial charge in [-0.3, -0.25) is 0 Å². The maximum absolute atomic E-state index is 11.9. The molecule has 1 aromatic rings. The SMILES string of the molecule is O=C(O)c1nccc2c1C(=O)OC21CCCCC1. The molecule has 5 nitrogen and oxygen atoms in total. The Bertz CT molecular complexity index is 532. The molecular weight excluding hydrogens is 234 g/mol. The third kappa shape index (κ3) is 1.43. The number of aromatic nitrogens is 1. The maximum atomic E-state index is 11.9. The molecule has 1 saturated carbocycles. The minimum absolute atomic E-state index is 0.145. The standard InChI is InChI=1S/C13H13NO4/c15-11(16)10-9-8(4-7-14-10)13(18-12(9)17)5-2-1-3-6-13/h4,7H,1-3,5-6H2,(H,15,16). The van der Waals surface area contributed by atoms with Crippen LogP contribution in [0.2, 0.25) is 0 Å². The van der Waals surface area contributed by atoms with Gasteiger partial charge in [0.1, 0.15) is 5.60 Å². The van der Waals surface area contributed by atoms with Crippen LogP contribution in [0, 0.1) is 0 Å². The van der Waals surface area contributed by atoms with Gasteiger partial charge in [0.15, 0.2) is 5.69 Å². The molecule has 18 heavy (non-hydrogen) atoms. The second-order valence-corrected chi connectivity index (χ2v) is 4.83. The number of carboxylic acids is 1. The highest BCUT2D eigenvalue weighted by molar-refractivity contribution is 6.04. The Kier molecular flexibility index (Phi) is 2.36. The van der Waals surface area contributed by atoms with Crippen LogP contribution < -0.4 is 0 Å². The van der Waals surface area contributed by atoms with E-state index in [0.717, 1.165) is 32.1 Å². The molecule has 0 atom stereocenters. The number of hydrogen-bond donors (Lipinski definition) is 1. The van der Waals surface area contributed by atoms with E-state index in [9.17, 15) is 9.59 Å². The summed E-state index contributed by atoms with van der Waals surface area (Å²) in [5.41, 5.74) is 0.0594. The minimum Gasteiger partial charge on any atom is -0.476 e. The fraction of sp³-hybridized carbons (Fsp3) is 0.462. The number of carbonyl (C=O) groups excluding carboxylic acids is 1. The van der Waals surface area contributed by atoms with Gasteiger partial charge in [-0.25, -0.2) is 14.6 Å². The number of nitrogens with zero attached hydrogens (tertiary/aromatic N) is 1. The molecular formula is C13H13NO4. The summed E-state index contributed by atoms with van der Waals surface area (Å²) >= 11 is 0. The lowest BCUT2D eigenvalue weighted by Gasteiger charge is -2.32. The first-order valence-electron chi connectivity index (χ1n) is 6.10. The maximum Gasteiger partial charge on any atom is 0.355 e. The van der Waals surface area contributed by atoms with Crippen molar-refractivity contribution in [3.8, 4) is 0 Å². The largest absolute Gasteiger partial charge is 0.476 e. The summed E-state index contributed by atoms with van der Waals surface area (Å²) in [5.74, 6) is -1.73. The smallest absolute Gasteiger partial charge is 0.355 e. The normalized spacial score (nSPS) is 20.6. The Labute approximate surface area is 104 Å². The third-order valence-electron chi connectivity index (χ3n) is 3.80. The molecule has 0 bridgehead atoms. The monoisotopic (exact) mass is 247 g/mol. The van der Waals surface area contributed by atoms with E-state index in [1.54, 1.807) is 6.07 Å². The first-order valence-corrected chi connectivity index (χ1v) is 6.10. The molecule has 94 valence electrons. The van der Waals surface area contributed by atoms with E-state index >= 15 is 0 Å². The van der Waals surface area contributed by atoms with Crippen molar-refractivity contribution in [2.45, 2.75) is 37.7 Å². The molecule has 0 amide bonds. The second-order valence-electron chi connectivity index (χ2n) is 4.83. The van der Waals surface area contributed by atoms with Gasteiger partial charge in [-0.1, -0.05) is 6.42 Å². The van der Waals surface area contributed by atoms with Crippen LogP contribution in [0.1, 0.15) is 58.5 Å². The number of pyridine rings is 1. The van der Waals surface area contributed by atoms with Gasteiger partial charge < -0.3 is 9.84 Å². The van der Waals surface area contributed by atoms with Crippen LogP contribution in [-0.4, -0.2) is 22.0 Å². The second kappa shape index (κ2) is 3.80. The van der Waals surface area contributed by atoms with Gasteiger partial charge in [0.05, 0.1) is 5.56 Å². The third-order valence-corrected chi connectivity index (χ3v) is 3.80. The van der Waals surface area contributed by atoms with Crippen LogP contribution in [0.4, 0.5) is 0 Å². The van der Waals surface area contributed by atoms with Crippen LogP contribution in [-0.2, 0) is 10.3 Å². The van der Waals surface area contributed by atoms with Gasteiger partial charge in [-0.2, -0.15) is 0 Å². The quantitative estimate of drug-likeness (QED) is 0.769. The molecule has 1 fully saturated rings. The van der Waals surface area contributed by atoms with Crippen molar-refractivity contribution in [2.24, 2.45) is 0 Å². The van der Waals surface area contributed by atoms with Crippen LogP contribution in [0.3, 0.4) is 0 Å². The van der Waals surface area contributed by atoms with Gasteiger partial charge >= 0.3 is 11.9 Å². The molecule has 0 unspecified atom stereocenters. The van der Waals surface area contributed by atoms with Crippen LogP contribution in [0.25, 0.3) is 0 Å². The van der Waals surface area contributed by atoms with Crippen LogP contribution >= 0.6 is 0 Å². The molecule has 1 N–H and O–H groups in total. The Balaban J connectivity index is 2.17. The number of aromatic carboxylic acids is 1. The number of rotatable bonds is 1. The Morgan fingerprint density at radius 1 is 1.33 bits per heavy atom. The zero-order valence-corrected chi connectivity index (χ0v) is 9.81. The summed E-state index contributed by atoms with van der Waals surface area (Å²) in [6.07, 6.45) is 6.12. The van der Waals surface area contributed by atoms with E-state index in [4.69, 9.17) is 9.84 Å². The van der Waals surface area contributed by atoms with E-state index in [2.05, 4.69) is 4.98 Å². The molecule has 0 saturated heterocycles. The highest BCUT2D eigenvalue weighted by Gasteiger charge is 2.48. The molecule has 5 heteroatoms. The summed E-state index contributed by atoms with van der Waals surface area (Å²) in [5, 5.41) is 9.08. The topological polar surface area (TPSA) is 76.5 Å². The zero-order chi connectivity index (χ0) is 12.8. The fourth-order valence-corrected chi connectivity index (χ4v) is 2.99. The number of carbonyl (C=O) groups is 2. The minimum atomic E-state index is -1.18. The Morgan fingerprint density at radius 3 is 2.72 bits per heavy atom. The average molecular weight is 247 g/mol. The Hall–Kier alpha value is -1.91. The van der Waals surface area contributed by atoms with E-state index in [1.807, 2.05) is 0 Å². The predicted octanol–water partition coefficient (Wildman–Crippen LogP) is 2.11. The van der Waals surface area contributed by atoms with E-state index < -0.39 is 17.5 Å². The lowest BCUT2D eigenvalue weighted by molar-refractivity contribution is -0.0280. The summed E-state index contributed by atoms with van der Waals surface area (Å²) < 4.78 is 5.51. The average Bonchev–Trinajstić information content (AvgIpc) is 2.64. The lowest BCUT2D eigenvalue weighted by atomic mass is 9.79. The van der Waals surface area contributed by atoms with Crippen LogP contribution in [0.5, 0.6) is 0 Å². The first-order chi connectivity index (χ1) is 8.64. The molecule has 2 heterocycles. The highest BCUT2D eigenvalue weighted by Crippen LogP contribution is 2.47. The van der Waals surface area contributed by atoms with Gasteiger partial charge in [-0.05, 0) is 31.7 Å². The molecule has 0 radical (unpaired) electrons. The van der Waals surface area contributed by atoms with Crippen molar-refractivity contribution in [3.63, 3.8) is 0 Å². The molecule has 1 aliphatic heterocycles. The van der Waals surface area contributed by atoms with Gasteiger partial charge in [0.2, 0.25) is 0 Å². The number of esters is 1. The fourth-order valence-electron chi connectivity index (χ4n) is 2.99. The molecule has 1 spiro atoms. The van der Waals surface area contributed by atoms with Crippen LogP contribution in [0.15, 0.2) is 12.3 Å². The molecule has 1 aliphatic carbocycles. The first kappa shape index (κ1) is 11.2. The van der Waals surface area contributed by atoms with E-state index in [1.165, 1.54) is 6.20 Å². The number of fused-ring (bicyclic) bond motifs is 2. The predicted molar refractivity (Wildman–Crippen MR) is 61.4 cm³/mol. The molecule has 0 aromatic carbocycles. The van der Waals surface area contributed by atoms with Gasteiger partial charge in [-0.15, -0.1) is 0 Å². The molecule has 2 aliphatic rings. The van der Waals surface area contributed by atoms with Crippen molar-refractivity contribution < 1.29 is 19.4 Å². The number of carboxylic acid groups (broad SMARTS) is 1. The summed E-state index contributed by atoms with van der Waals surface area (Å²) in [7, 11) is 0. The van der Waals surface area contributed by atoms with Gasteiger partial charge in [0.25, 0.3) is 0 Å². The molecule has 3 rings (SSSR count). The van der Waals surface area contributed by atoms with E-state index in [-0.39, 0.29) is 11.3 Å². The van der Waals surface area contributed by atoms with Crippen molar-refractivity contribution in [1.82, 2.24) is 4.98 Å². The summed E-state index contributed by atoms with van der Waals surface area (Å²) in [6.45, 7) is 0. The number of ether oxygens (including phenoxy) is 1. The number of hydrogen-bond acceptors (Lipinski definition) is 4. The van der Waals surface area contributed by atoms with Crippen molar-refractivity contribution in [3.05, 3.63) is 29.1 Å². The van der Waals surface area contributed by atoms with Gasteiger partial charge in [0, 0.05) is 11.8 Å². The Morgan fingerprint density at radius 2 is 2.06 bits per heavy atom.